The first-order valence-corrected chi connectivity index (χ1v) is 12.1. The summed E-state index contributed by atoms with van der Waals surface area (Å²) in [6.45, 7) is 9.16. The number of rotatable bonds is 5. The Hall–Kier alpha value is -0.340. The number of methoxy groups -OCH3 is 1. The predicted octanol–water partition coefficient (Wildman–Crippen LogP) is 6.52. The van der Waals surface area contributed by atoms with E-state index in [0.717, 1.165) is 30.1 Å². The molecule has 2 heteroatoms. The number of ether oxygens (including phenoxy) is 1. The number of aliphatic hydroxyl groups is 1. The molecule has 2 nitrogen and oxygen atoms in total. The van der Waals surface area contributed by atoms with Crippen LogP contribution >= 0.6 is 0 Å². The fourth-order valence-corrected chi connectivity index (χ4v) is 8.19. The van der Waals surface area contributed by atoms with Crippen LogP contribution in [0.4, 0.5) is 0 Å². The summed E-state index contributed by atoms with van der Waals surface area (Å²) in [7, 11) is 1.89. The van der Waals surface area contributed by atoms with Crippen LogP contribution in [0, 0.1) is 34.5 Å². The van der Waals surface area contributed by atoms with Crippen molar-refractivity contribution in [2.75, 3.05) is 7.11 Å². The van der Waals surface area contributed by atoms with Gasteiger partial charge in [-0.05, 0) is 113 Å². The topological polar surface area (TPSA) is 29.5 Å². The third-order valence-corrected chi connectivity index (χ3v) is 9.93. The fraction of sp³-hybridized carbons (Fsp3) is 0.923. The summed E-state index contributed by atoms with van der Waals surface area (Å²) in [6, 6.07) is 0. The molecule has 0 spiro atoms. The molecule has 0 heterocycles. The van der Waals surface area contributed by atoms with E-state index in [4.69, 9.17) is 4.74 Å². The highest BCUT2D eigenvalue weighted by atomic mass is 16.5. The van der Waals surface area contributed by atoms with Gasteiger partial charge in [0.05, 0.1) is 11.7 Å². The van der Waals surface area contributed by atoms with E-state index in [2.05, 4.69) is 19.9 Å². The van der Waals surface area contributed by atoms with Gasteiger partial charge in [0.25, 0.3) is 0 Å². The molecule has 4 aliphatic carbocycles. The predicted molar refractivity (Wildman–Crippen MR) is 116 cm³/mol. The molecular formula is C26H44O2. The second-order valence-electron chi connectivity index (χ2n) is 11.9. The highest BCUT2D eigenvalue weighted by Crippen LogP contribution is 2.66. The molecule has 0 amide bonds. The molecule has 4 aliphatic rings. The molecule has 0 radical (unpaired) electrons. The van der Waals surface area contributed by atoms with Gasteiger partial charge in [-0.2, -0.15) is 0 Å². The van der Waals surface area contributed by atoms with Gasteiger partial charge in [0.2, 0.25) is 0 Å². The van der Waals surface area contributed by atoms with E-state index >= 15 is 0 Å². The highest BCUT2D eigenvalue weighted by molar-refractivity contribution is 5.25. The summed E-state index contributed by atoms with van der Waals surface area (Å²) >= 11 is 0. The zero-order valence-corrected chi connectivity index (χ0v) is 19.1. The standard InChI is InChI=1S/C26H44O2/c1-24(2,27)14-6-7-18-9-11-22-21-10-8-19-17-20(28-5)12-15-26(19,4)23(21)13-16-25(18,22)3/h8,18,20-23,27H,6-7,9-17H2,1-5H3. The first-order chi connectivity index (χ1) is 13.2. The minimum atomic E-state index is -0.503. The third kappa shape index (κ3) is 3.51. The van der Waals surface area contributed by atoms with Crippen LogP contribution in [-0.4, -0.2) is 23.9 Å². The van der Waals surface area contributed by atoms with Gasteiger partial charge in [0.15, 0.2) is 0 Å². The summed E-state index contributed by atoms with van der Waals surface area (Å²) in [5, 5.41) is 10.1. The van der Waals surface area contributed by atoms with Crippen LogP contribution in [-0.2, 0) is 4.74 Å². The second-order valence-corrected chi connectivity index (χ2v) is 11.9. The van der Waals surface area contributed by atoms with Gasteiger partial charge in [0, 0.05) is 7.11 Å². The molecule has 7 unspecified atom stereocenters. The Morgan fingerprint density at radius 1 is 1.11 bits per heavy atom. The minimum Gasteiger partial charge on any atom is -0.390 e. The molecule has 160 valence electrons. The Morgan fingerprint density at radius 2 is 1.89 bits per heavy atom. The lowest BCUT2D eigenvalue weighted by Gasteiger charge is -2.58. The fourth-order valence-electron chi connectivity index (χ4n) is 8.19. The average Bonchev–Trinajstić information content (AvgIpc) is 2.96. The first kappa shape index (κ1) is 20.9. The second kappa shape index (κ2) is 7.41. The molecule has 0 aromatic heterocycles. The van der Waals surface area contributed by atoms with E-state index in [1.54, 1.807) is 5.57 Å². The highest BCUT2D eigenvalue weighted by Gasteiger charge is 2.58. The van der Waals surface area contributed by atoms with Crippen LogP contribution in [0.2, 0.25) is 0 Å². The van der Waals surface area contributed by atoms with Crippen LogP contribution in [0.1, 0.15) is 98.3 Å². The average molecular weight is 389 g/mol. The van der Waals surface area contributed by atoms with Gasteiger partial charge in [-0.3, -0.25) is 0 Å². The van der Waals surface area contributed by atoms with Crippen molar-refractivity contribution in [1.29, 1.82) is 0 Å². The lowest BCUT2D eigenvalue weighted by Crippen LogP contribution is -2.50. The van der Waals surface area contributed by atoms with Gasteiger partial charge >= 0.3 is 0 Å². The Labute approximate surface area is 173 Å². The summed E-state index contributed by atoms with van der Waals surface area (Å²) in [5.41, 5.74) is 2.22. The minimum absolute atomic E-state index is 0.443. The van der Waals surface area contributed by atoms with E-state index in [9.17, 15) is 5.11 Å². The van der Waals surface area contributed by atoms with Crippen molar-refractivity contribution in [3.05, 3.63) is 11.6 Å². The molecule has 7 atom stereocenters. The third-order valence-electron chi connectivity index (χ3n) is 9.93. The lowest BCUT2D eigenvalue weighted by molar-refractivity contribution is -0.0548. The summed E-state index contributed by atoms with van der Waals surface area (Å²) < 4.78 is 5.72. The lowest BCUT2D eigenvalue weighted by atomic mass is 9.47. The van der Waals surface area contributed by atoms with Crippen LogP contribution < -0.4 is 0 Å². The maximum Gasteiger partial charge on any atom is 0.0608 e. The van der Waals surface area contributed by atoms with Crippen molar-refractivity contribution in [2.45, 2.75) is 110 Å². The largest absolute Gasteiger partial charge is 0.390 e. The van der Waals surface area contributed by atoms with Gasteiger partial charge in [-0.15, -0.1) is 0 Å². The van der Waals surface area contributed by atoms with Crippen molar-refractivity contribution >= 4 is 0 Å². The monoisotopic (exact) mass is 388 g/mol. The number of hydrogen-bond acceptors (Lipinski definition) is 2. The summed E-state index contributed by atoms with van der Waals surface area (Å²) in [4.78, 5) is 0. The van der Waals surface area contributed by atoms with E-state index < -0.39 is 5.60 Å². The maximum atomic E-state index is 10.1. The van der Waals surface area contributed by atoms with Crippen molar-refractivity contribution in [3.63, 3.8) is 0 Å². The Balaban J connectivity index is 1.48. The maximum absolute atomic E-state index is 10.1. The van der Waals surface area contributed by atoms with Gasteiger partial charge in [0.1, 0.15) is 0 Å². The van der Waals surface area contributed by atoms with Gasteiger partial charge < -0.3 is 9.84 Å². The molecule has 28 heavy (non-hydrogen) atoms. The molecule has 0 aromatic carbocycles. The van der Waals surface area contributed by atoms with E-state index in [-0.39, 0.29) is 0 Å². The Morgan fingerprint density at radius 3 is 2.61 bits per heavy atom. The summed E-state index contributed by atoms with van der Waals surface area (Å²) in [5.74, 6) is 3.61. The van der Waals surface area contributed by atoms with Crippen LogP contribution in [0.3, 0.4) is 0 Å². The summed E-state index contributed by atoms with van der Waals surface area (Å²) in [6.07, 6.45) is 17.4. The van der Waals surface area contributed by atoms with E-state index in [0.29, 0.717) is 16.9 Å². The number of allylic oxidation sites excluding steroid dienone is 1. The molecule has 3 fully saturated rings. The van der Waals surface area contributed by atoms with Gasteiger partial charge in [-0.25, -0.2) is 0 Å². The van der Waals surface area contributed by atoms with E-state index in [1.165, 1.54) is 64.2 Å². The van der Waals surface area contributed by atoms with E-state index in [1.807, 2.05) is 21.0 Å². The van der Waals surface area contributed by atoms with Crippen LogP contribution in [0.5, 0.6) is 0 Å². The zero-order valence-electron chi connectivity index (χ0n) is 19.1. The quantitative estimate of drug-likeness (QED) is 0.543. The molecular weight excluding hydrogens is 344 g/mol. The zero-order chi connectivity index (χ0) is 20.2. The number of hydrogen-bond donors (Lipinski definition) is 1. The molecule has 3 saturated carbocycles. The Kier molecular flexibility index (Phi) is 5.54. The molecule has 0 aliphatic heterocycles. The Bertz CT molecular complexity index is 602. The van der Waals surface area contributed by atoms with Gasteiger partial charge in [-0.1, -0.05) is 31.9 Å². The van der Waals surface area contributed by atoms with Crippen LogP contribution in [0.25, 0.3) is 0 Å². The van der Waals surface area contributed by atoms with Crippen molar-refractivity contribution < 1.29 is 9.84 Å². The SMILES string of the molecule is COC1CCC2(C)C(=CCC3C2CCC2(C)C(CCCC(C)(C)O)CCC32)C1. The molecule has 1 N–H and O–H groups in total. The molecule has 0 saturated heterocycles. The number of fused-ring (bicyclic) bond motifs is 5. The van der Waals surface area contributed by atoms with Crippen molar-refractivity contribution in [1.82, 2.24) is 0 Å². The molecule has 4 rings (SSSR count). The van der Waals surface area contributed by atoms with Crippen molar-refractivity contribution in [3.8, 4) is 0 Å². The first-order valence-electron chi connectivity index (χ1n) is 12.1. The molecule has 0 bridgehead atoms. The smallest absolute Gasteiger partial charge is 0.0608 e. The van der Waals surface area contributed by atoms with Crippen molar-refractivity contribution in [2.24, 2.45) is 34.5 Å². The molecule has 0 aromatic rings. The normalized spacial score (nSPS) is 45.8. The van der Waals surface area contributed by atoms with Crippen LogP contribution in [0.15, 0.2) is 11.6 Å².